The summed E-state index contributed by atoms with van der Waals surface area (Å²) in [5.41, 5.74) is 0. The highest BCUT2D eigenvalue weighted by Crippen LogP contribution is 2.22. The third-order valence-electron chi connectivity index (χ3n) is 1.52. The van der Waals surface area contributed by atoms with Crippen LogP contribution in [0.4, 0.5) is 18.3 Å². The summed E-state index contributed by atoms with van der Waals surface area (Å²) in [4.78, 5) is 3.84. The van der Waals surface area contributed by atoms with E-state index >= 15 is 0 Å². The standard InChI is InChI=1S/C7H10F3N3S/c8-7(9,10)3-1-2-4-11-6-12-5-13-14-6/h5H,1-4H2,(H,11,12,13). The molecule has 7 heteroatoms. The highest BCUT2D eigenvalue weighted by atomic mass is 32.1. The lowest BCUT2D eigenvalue weighted by molar-refractivity contribution is -0.135. The van der Waals surface area contributed by atoms with Gasteiger partial charge in [-0.2, -0.15) is 17.5 Å². The zero-order valence-corrected chi connectivity index (χ0v) is 8.16. The van der Waals surface area contributed by atoms with Gasteiger partial charge in [0.25, 0.3) is 0 Å². The summed E-state index contributed by atoms with van der Waals surface area (Å²) in [6.45, 7) is 0.505. The normalized spacial score (nSPS) is 11.6. The van der Waals surface area contributed by atoms with Crippen LogP contribution in [0.15, 0.2) is 6.33 Å². The number of aromatic nitrogens is 2. The molecule has 80 valence electrons. The van der Waals surface area contributed by atoms with Gasteiger partial charge in [-0.05, 0) is 12.8 Å². The van der Waals surface area contributed by atoms with Crippen LogP contribution >= 0.6 is 11.5 Å². The summed E-state index contributed by atoms with van der Waals surface area (Å²) in [6.07, 6.45) is -2.72. The molecule has 1 aromatic heterocycles. The average molecular weight is 225 g/mol. The van der Waals surface area contributed by atoms with Crippen LogP contribution in [0.2, 0.25) is 0 Å². The zero-order valence-electron chi connectivity index (χ0n) is 7.34. The molecule has 1 N–H and O–H groups in total. The van der Waals surface area contributed by atoms with Crippen LogP contribution in [0.25, 0.3) is 0 Å². The largest absolute Gasteiger partial charge is 0.389 e. The van der Waals surface area contributed by atoms with Crippen molar-refractivity contribution in [2.45, 2.75) is 25.4 Å². The van der Waals surface area contributed by atoms with Crippen LogP contribution in [-0.4, -0.2) is 22.1 Å². The van der Waals surface area contributed by atoms with E-state index < -0.39 is 12.6 Å². The van der Waals surface area contributed by atoms with E-state index in [0.29, 0.717) is 18.1 Å². The average Bonchev–Trinajstić information content (AvgIpc) is 2.54. The van der Waals surface area contributed by atoms with Crippen molar-refractivity contribution in [3.8, 4) is 0 Å². The molecule has 3 nitrogen and oxygen atoms in total. The predicted octanol–water partition coefficient (Wildman–Crippen LogP) is 2.68. The Bertz CT molecular complexity index is 247. The summed E-state index contributed by atoms with van der Waals surface area (Å²) in [5, 5.41) is 3.54. The molecule has 0 aromatic carbocycles. The van der Waals surface area contributed by atoms with Crippen molar-refractivity contribution in [1.29, 1.82) is 0 Å². The molecule has 0 bridgehead atoms. The number of hydrogen-bond donors (Lipinski definition) is 1. The van der Waals surface area contributed by atoms with Gasteiger partial charge in [0.1, 0.15) is 6.33 Å². The molecule has 0 radical (unpaired) electrons. The molecule has 0 unspecified atom stereocenters. The van der Waals surface area contributed by atoms with Crippen LogP contribution in [0.3, 0.4) is 0 Å². The quantitative estimate of drug-likeness (QED) is 0.783. The number of unbranched alkanes of at least 4 members (excludes halogenated alkanes) is 1. The van der Waals surface area contributed by atoms with Crippen LogP contribution in [0.5, 0.6) is 0 Å². The number of hydrogen-bond acceptors (Lipinski definition) is 4. The van der Waals surface area contributed by atoms with Crippen LogP contribution in [-0.2, 0) is 0 Å². The number of nitrogens with one attached hydrogen (secondary N) is 1. The van der Waals surface area contributed by atoms with Gasteiger partial charge in [0.2, 0.25) is 5.13 Å². The van der Waals surface area contributed by atoms with Crippen LogP contribution in [0.1, 0.15) is 19.3 Å². The maximum Gasteiger partial charge on any atom is 0.389 e. The van der Waals surface area contributed by atoms with Gasteiger partial charge in [-0.1, -0.05) is 0 Å². The van der Waals surface area contributed by atoms with E-state index in [1.54, 1.807) is 0 Å². The van der Waals surface area contributed by atoms with Gasteiger partial charge >= 0.3 is 6.18 Å². The maximum atomic E-state index is 11.7. The SMILES string of the molecule is FC(F)(F)CCCCNc1ncns1. The van der Waals surface area contributed by atoms with E-state index in [1.165, 1.54) is 17.9 Å². The first-order valence-electron chi connectivity index (χ1n) is 4.15. The molecular weight excluding hydrogens is 215 g/mol. The second-order valence-corrected chi connectivity index (χ2v) is 3.53. The van der Waals surface area contributed by atoms with Crippen molar-refractivity contribution in [2.75, 3.05) is 11.9 Å². The van der Waals surface area contributed by atoms with Crippen molar-refractivity contribution in [3.63, 3.8) is 0 Å². The second-order valence-electron chi connectivity index (χ2n) is 2.75. The first-order chi connectivity index (χ1) is 6.58. The summed E-state index contributed by atoms with van der Waals surface area (Å²) in [5.74, 6) is 0. The van der Waals surface area contributed by atoms with Crippen LogP contribution < -0.4 is 5.32 Å². The minimum Gasteiger partial charge on any atom is -0.360 e. The molecule has 0 aliphatic rings. The molecule has 0 saturated carbocycles. The lowest BCUT2D eigenvalue weighted by atomic mass is 10.2. The van der Waals surface area contributed by atoms with Gasteiger partial charge < -0.3 is 5.32 Å². The van der Waals surface area contributed by atoms with E-state index in [9.17, 15) is 13.2 Å². The highest BCUT2D eigenvalue weighted by molar-refractivity contribution is 7.09. The second kappa shape index (κ2) is 5.14. The minimum absolute atomic E-state index is 0.148. The molecule has 14 heavy (non-hydrogen) atoms. The topological polar surface area (TPSA) is 37.8 Å². The van der Waals surface area contributed by atoms with Gasteiger partial charge in [0, 0.05) is 24.5 Å². The smallest absolute Gasteiger partial charge is 0.360 e. The Morgan fingerprint density at radius 1 is 1.36 bits per heavy atom. The number of nitrogens with zero attached hydrogens (tertiary/aromatic N) is 2. The van der Waals surface area contributed by atoms with Crippen molar-refractivity contribution in [1.82, 2.24) is 9.36 Å². The maximum absolute atomic E-state index is 11.7. The fraction of sp³-hybridized carbons (Fsp3) is 0.714. The number of rotatable bonds is 5. The fourth-order valence-corrected chi connectivity index (χ4v) is 1.35. The zero-order chi connectivity index (χ0) is 10.4. The number of halogens is 3. The highest BCUT2D eigenvalue weighted by Gasteiger charge is 2.25. The van der Waals surface area contributed by atoms with Gasteiger partial charge in [0.15, 0.2) is 0 Å². The Hall–Kier alpha value is -0.850. The van der Waals surface area contributed by atoms with Crippen molar-refractivity contribution >= 4 is 16.7 Å². The molecule has 0 aliphatic carbocycles. The summed E-state index contributed by atoms with van der Waals surface area (Å²) in [6, 6.07) is 0. The van der Waals surface area contributed by atoms with Gasteiger partial charge in [-0.3, -0.25) is 0 Å². The molecule has 1 heterocycles. The Morgan fingerprint density at radius 2 is 2.14 bits per heavy atom. The van der Waals surface area contributed by atoms with Crippen LogP contribution in [0, 0.1) is 0 Å². The number of alkyl halides is 3. The lowest BCUT2D eigenvalue weighted by Gasteiger charge is -2.05. The minimum atomic E-state index is -4.04. The van der Waals surface area contributed by atoms with E-state index in [2.05, 4.69) is 14.7 Å². The summed E-state index contributed by atoms with van der Waals surface area (Å²) >= 11 is 1.19. The molecule has 1 aromatic rings. The summed E-state index contributed by atoms with van der Waals surface area (Å²) < 4.78 is 38.9. The summed E-state index contributed by atoms with van der Waals surface area (Å²) in [7, 11) is 0. The Kier molecular flexibility index (Phi) is 4.12. The Balaban J connectivity index is 2.00. The van der Waals surface area contributed by atoms with Crippen molar-refractivity contribution in [2.24, 2.45) is 0 Å². The first kappa shape index (κ1) is 11.2. The third kappa shape index (κ3) is 5.00. The fourth-order valence-electron chi connectivity index (χ4n) is 0.897. The molecule has 0 atom stereocenters. The van der Waals surface area contributed by atoms with E-state index in [0.717, 1.165) is 0 Å². The van der Waals surface area contributed by atoms with Crippen molar-refractivity contribution in [3.05, 3.63) is 6.33 Å². The third-order valence-corrected chi connectivity index (χ3v) is 2.15. The van der Waals surface area contributed by atoms with E-state index in [4.69, 9.17) is 0 Å². The molecule has 0 fully saturated rings. The molecule has 0 amide bonds. The number of anilines is 1. The lowest BCUT2D eigenvalue weighted by Crippen LogP contribution is -2.08. The first-order valence-corrected chi connectivity index (χ1v) is 4.92. The predicted molar refractivity (Wildman–Crippen MR) is 48.3 cm³/mol. The Labute approximate surface area is 83.5 Å². The van der Waals surface area contributed by atoms with E-state index in [-0.39, 0.29) is 6.42 Å². The van der Waals surface area contributed by atoms with Crippen molar-refractivity contribution < 1.29 is 13.2 Å². The molecule has 0 spiro atoms. The molecule has 1 rings (SSSR count). The van der Waals surface area contributed by atoms with Gasteiger partial charge in [-0.15, -0.1) is 0 Å². The molecular formula is C7H10F3N3S. The molecule has 0 saturated heterocycles. The van der Waals surface area contributed by atoms with E-state index in [1.807, 2.05) is 0 Å². The Morgan fingerprint density at radius 3 is 2.71 bits per heavy atom. The van der Waals surface area contributed by atoms with Gasteiger partial charge in [-0.25, -0.2) is 4.98 Å². The molecule has 0 aliphatic heterocycles. The monoisotopic (exact) mass is 225 g/mol. The van der Waals surface area contributed by atoms with Gasteiger partial charge in [0.05, 0.1) is 0 Å².